The third kappa shape index (κ3) is 3.66. The van der Waals surface area contributed by atoms with Gasteiger partial charge in [-0.15, -0.1) is 0 Å². The maximum atomic E-state index is 12.1. The monoisotopic (exact) mass is 242 g/mol. The maximum Gasteiger partial charge on any atom is 0.225 e. The van der Waals surface area contributed by atoms with Gasteiger partial charge in [0.25, 0.3) is 0 Å². The van der Waals surface area contributed by atoms with Gasteiger partial charge in [-0.2, -0.15) is 0 Å². The normalized spacial score (nSPS) is 30.3. The molecule has 2 atom stereocenters. The molecule has 2 heterocycles. The van der Waals surface area contributed by atoms with Crippen molar-refractivity contribution < 1.29 is 14.3 Å². The highest BCUT2D eigenvalue weighted by atomic mass is 16.5. The summed E-state index contributed by atoms with van der Waals surface area (Å²) in [4.78, 5) is 14.0. The SMILES string of the molecule is CCC1CN(C(=O)CC2CNCCO2)CCO1. The smallest absolute Gasteiger partial charge is 0.225 e. The topological polar surface area (TPSA) is 50.8 Å². The largest absolute Gasteiger partial charge is 0.375 e. The fourth-order valence-corrected chi connectivity index (χ4v) is 2.27. The first-order valence-electron chi connectivity index (χ1n) is 6.51. The number of ether oxygens (including phenoxy) is 2. The van der Waals surface area contributed by atoms with Crippen molar-refractivity contribution >= 4 is 5.91 Å². The molecule has 5 heteroatoms. The molecule has 2 fully saturated rings. The number of rotatable bonds is 3. The van der Waals surface area contributed by atoms with Gasteiger partial charge in [-0.25, -0.2) is 0 Å². The number of nitrogens with zero attached hydrogens (tertiary/aromatic N) is 1. The lowest BCUT2D eigenvalue weighted by atomic mass is 10.1. The number of amides is 1. The molecule has 98 valence electrons. The summed E-state index contributed by atoms with van der Waals surface area (Å²) in [5, 5.41) is 3.24. The van der Waals surface area contributed by atoms with Crippen LogP contribution in [0.2, 0.25) is 0 Å². The van der Waals surface area contributed by atoms with Crippen molar-refractivity contribution in [3.05, 3.63) is 0 Å². The van der Waals surface area contributed by atoms with Crippen LogP contribution in [0.25, 0.3) is 0 Å². The van der Waals surface area contributed by atoms with Crippen LogP contribution in [-0.4, -0.2) is 62.4 Å². The van der Waals surface area contributed by atoms with Gasteiger partial charge in [-0.3, -0.25) is 4.79 Å². The summed E-state index contributed by atoms with van der Waals surface area (Å²) in [5.74, 6) is 0.195. The van der Waals surface area contributed by atoms with Crippen LogP contribution < -0.4 is 5.32 Å². The highest BCUT2D eigenvalue weighted by molar-refractivity contribution is 5.76. The van der Waals surface area contributed by atoms with Crippen molar-refractivity contribution in [3.8, 4) is 0 Å². The van der Waals surface area contributed by atoms with Gasteiger partial charge in [0.05, 0.1) is 31.8 Å². The van der Waals surface area contributed by atoms with Gasteiger partial charge < -0.3 is 19.7 Å². The molecule has 1 amide bonds. The van der Waals surface area contributed by atoms with Crippen LogP contribution in [0, 0.1) is 0 Å². The molecule has 0 aromatic carbocycles. The molecule has 2 unspecified atom stereocenters. The van der Waals surface area contributed by atoms with E-state index in [0.29, 0.717) is 19.6 Å². The lowest BCUT2D eigenvalue weighted by Crippen LogP contribution is -2.48. The average Bonchev–Trinajstić information content (AvgIpc) is 2.40. The molecule has 0 saturated carbocycles. The molecule has 2 aliphatic rings. The third-order valence-corrected chi connectivity index (χ3v) is 3.35. The van der Waals surface area contributed by atoms with Gasteiger partial charge >= 0.3 is 0 Å². The Bertz CT molecular complexity index is 254. The van der Waals surface area contributed by atoms with Gasteiger partial charge in [0.2, 0.25) is 5.91 Å². The van der Waals surface area contributed by atoms with Crippen molar-refractivity contribution in [2.24, 2.45) is 0 Å². The molecule has 2 aliphatic heterocycles. The van der Waals surface area contributed by atoms with E-state index in [2.05, 4.69) is 12.2 Å². The van der Waals surface area contributed by atoms with Crippen molar-refractivity contribution in [1.29, 1.82) is 0 Å². The summed E-state index contributed by atoms with van der Waals surface area (Å²) >= 11 is 0. The van der Waals surface area contributed by atoms with Crippen LogP contribution in [0.5, 0.6) is 0 Å². The van der Waals surface area contributed by atoms with Crippen molar-refractivity contribution in [2.45, 2.75) is 32.0 Å². The number of carbonyl (C=O) groups is 1. The van der Waals surface area contributed by atoms with Gasteiger partial charge in [0, 0.05) is 26.2 Å². The zero-order valence-electron chi connectivity index (χ0n) is 10.5. The van der Waals surface area contributed by atoms with Gasteiger partial charge in [0.15, 0.2) is 0 Å². The molecule has 2 saturated heterocycles. The van der Waals surface area contributed by atoms with Crippen LogP contribution in [-0.2, 0) is 14.3 Å². The first-order valence-corrected chi connectivity index (χ1v) is 6.51. The molecule has 0 aliphatic carbocycles. The zero-order valence-corrected chi connectivity index (χ0v) is 10.5. The Labute approximate surface area is 102 Å². The first kappa shape index (κ1) is 12.8. The van der Waals surface area contributed by atoms with Crippen LogP contribution in [0.15, 0.2) is 0 Å². The highest BCUT2D eigenvalue weighted by Crippen LogP contribution is 2.11. The Kier molecular flexibility index (Phi) is 4.76. The number of nitrogens with one attached hydrogen (secondary N) is 1. The quantitative estimate of drug-likeness (QED) is 0.757. The van der Waals surface area contributed by atoms with E-state index in [1.165, 1.54) is 0 Å². The van der Waals surface area contributed by atoms with E-state index in [1.807, 2.05) is 4.90 Å². The minimum Gasteiger partial charge on any atom is -0.375 e. The van der Waals surface area contributed by atoms with Crippen LogP contribution in [0.4, 0.5) is 0 Å². The Morgan fingerprint density at radius 3 is 2.88 bits per heavy atom. The molecule has 0 radical (unpaired) electrons. The summed E-state index contributed by atoms with van der Waals surface area (Å²) < 4.78 is 11.1. The second-order valence-electron chi connectivity index (χ2n) is 4.64. The predicted molar refractivity (Wildman–Crippen MR) is 63.8 cm³/mol. The van der Waals surface area contributed by atoms with E-state index in [1.54, 1.807) is 0 Å². The molecule has 0 aromatic rings. The average molecular weight is 242 g/mol. The predicted octanol–water partition coefficient (Wildman–Crippen LogP) is 0.00230. The van der Waals surface area contributed by atoms with Crippen LogP contribution >= 0.6 is 0 Å². The number of morpholine rings is 2. The standard InChI is InChI=1S/C12H22N2O3/c1-2-10-9-14(4-6-17-10)12(15)7-11-8-13-3-5-16-11/h10-11,13H,2-9H2,1H3. The molecule has 17 heavy (non-hydrogen) atoms. The van der Waals surface area contributed by atoms with Gasteiger partial charge in [-0.1, -0.05) is 6.92 Å². The first-order chi connectivity index (χ1) is 8.29. The summed E-state index contributed by atoms with van der Waals surface area (Å²) in [6.07, 6.45) is 1.70. The third-order valence-electron chi connectivity index (χ3n) is 3.35. The Hall–Kier alpha value is -0.650. The minimum absolute atomic E-state index is 0.0409. The molecule has 5 nitrogen and oxygen atoms in total. The fraction of sp³-hybridized carbons (Fsp3) is 0.917. The Balaban J connectivity index is 1.78. The van der Waals surface area contributed by atoms with Crippen molar-refractivity contribution in [2.75, 3.05) is 39.4 Å². The highest BCUT2D eigenvalue weighted by Gasteiger charge is 2.26. The van der Waals surface area contributed by atoms with Gasteiger partial charge in [-0.05, 0) is 6.42 Å². The summed E-state index contributed by atoms with van der Waals surface area (Å²) in [7, 11) is 0. The van der Waals surface area contributed by atoms with E-state index in [-0.39, 0.29) is 18.1 Å². The van der Waals surface area contributed by atoms with Gasteiger partial charge in [0.1, 0.15) is 0 Å². The van der Waals surface area contributed by atoms with Crippen LogP contribution in [0.1, 0.15) is 19.8 Å². The second-order valence-corrected chi connectivity index (χ2v) is 4.64. The zero-order chi connectivity index (χ0) is 12.1. The summed E-state index contributed by atoms with van der Waals surface area (Å²) in [6.45, 7) is 6.58. The lowest BCUT2D eigenvalue weighted by Gasteiger charge is -2.34. The molecule has 0 aromatic heterocycles. The second kappa shape index (κ2) is 6.33. The number of hydrogen-bond acceptors (Lipinski definition) is 4. The Morgan fingerprint density at radius 1 is 1.35 bits per heavy atom. The molecular formula is C12H22N2O3. The van der Waals surface area contributed by atoms with Crippen molar-refractivity contribution in [1.82, 2.24) is 10.2 Å². The Morgan fingerprint density at radius 2 is 2.18 bits per heavy atom. The summed E-state index contributed by atoms with van der Waals surface area (Å²) in [5.41, 5.74) is 0. The lowest BCUT2D eigenvalue weighted by molar-refractivity contribution is -0.142. The molecule has 1 N–H and O–H groups in total. The van der Waals surface area contributed by atoms with E-state index in [0.717, 1.165) is 32.6 Å². The number of carbonyl (C=O) groups excluding carboxylic acids is 1. The molecule has 0 bridgehead atoms. The molecule has 0 spiro atoms. The summed E-state index contributed by atoms with van der Waals surface area (Å²) in [6, 6.07) is 0. The van der Waals surface area contributed by atoms with E-state index in [4.69, 9.17) is 9.47 Å². The van der Waals surface area contributed by atoms with Crippen LogP contribution in [0.3, 0.4) is 0 Å². The maximum absolute atomic E-state index is 12.1. The van der Waals surface area contributed by atoms with E-state index in [9.17, 15) is 4.79 Å². The van der Waals surface area contributed by atoms with Crippen molar-refractivity contribution in [3.63, 3.8) is 0 Å². The fourth-order valence-electron chi connectivity index (χ4n) is 2.27. The number of hydrogen-bond donors (Lipinski definition) is 1. The van der Waals surface area contributed by atoms with E-state index >= 15 is 0 Å². The molecule has 2 rings (SSSR count). The molecular weight excluding hydrogens is 220 g/mol. The minimum atomic E-state index is 0.0409. The van der Waals surface area contributed by atoms with E-state index < -0.39 is 0 Å².